The van der Waals surface area contributed by atoms with Crippen LogP contribution < -0.4 is 0 Å². The Hall–Kier alpha value is -1.18. The normalized spacial score (nSPS) is 9.40. The second-order valence-corrected chi connectivity index (χ2v) is 2.29. The Bertz CT molecular complexity index is 255. The Morgan fingerprint density at radius 2 is 2.10 bits per heavy atom. The molecule has 0 aliphatic rings. The van der Waals surface area contributed by atoms with Crippen LogP contribution in [-0.4, -0.2) is 11.3 Å². The molecular weight excluding hydrogens is 126 g/mol. The van der Waals surface area contributed by atoms with Crippen molar-refractivity contribution < 1.29 is 4.79 Å². The maximum atomic E-state index is 10.3. The first-order chi connectivity index (χ1) is 4.75. The molecule has 1 heterocycles. The molecule has 0 aliphatic heterocycles. The van der Waals surface area contributed by atoms with E-state index in [1.165, 1.54) is 0 Å². The van der Waals surface area contributed by atoms with Gasteiger partial charge in [0.05, 0.1) is 0 Å². The molecule has 0 amide bonds. The standard InChI is InChI=1S/C8H9NO/c1-6-3-9-4-8(5-10)7(6)2/h3-5H,1-2H3. The topological polar surface area (TPSA) is 30.0 Å². The van der Waals surface area contributed by atoms with Crippen LogP contribution in [0.1, 0.15) is 21.5 Å². The van der Waals surface area contributed by atoms with Gasteiger partial charge in [-0.1, -0.05) is 0 Å². The third kappa shape index (κ3) is 1.05. The summed E-state index contributed by atoms with van der Waals surface area (Å²) in [5.74, 6) is 0. The van der Waals surface area contributed by atoms with E-state index in [0.717, 1.165) is 17.4 Å². The van der Waals surface area contributed by atoms with Crippen LogP contribution in [0.3, 0.4) is 0 Å². The van der Waals surface area contributed by atoms with Gasteiger partial charge in [0.25, 0.3) is 0 Å². The Morgan fingerprint density at radius 1 is 1.40 bits per heavy atom. The monoisotopic (exact) mass is 135 g/mol. The van der Waals surface area contributed by atoms with Crippen LogP contribution in [0.25, 0.3) is 0 Å². The summed E-state index contributed by atoms with van der Waals surface area (Å²) >= 11 is 0. The largest absolute Gasteiger partial charge is 0.298 e. The summed E-state index contributed by atoms with van der Waals surface area (Å²) in [6.07, 6.45) is 4.16. The minimum atomic E-state index is 0.681. The molecule has 0 saturated heterocycles. The number of carbonyl (C=O) groups is 1. The first kappa shape index (κ1) is 6.93. The van der Waals surface area contributed by atoms with Crippen molar-refractivity contribution in [2.45, 2.75) is 13.8 Å². The zero-order chi connectivity index (χ0) is 7.56. The zero-order valence-electron chi connectivity index (χ0n) is 6.09. The predicted octanol–water partition coefficient (Wildman–Crippen LogP) is 1.51. The highest BCUT2D eigenvalue weighted by Crippen LogP contribution is 2.07. The summed E-state index contributed by atoms with van der Waals surface area (Å²) in [5.41, 5.74) is 2.76. The van der Waals surface area contributed by atoms with Gasteiger partial charge in [0, 0.05) is 18.0 Å². The summed E-state index contributed by atoms with van der Waals surface area (Å²) < 4.78 is 0. The molecular formula is C8H9NO. The summed E-state index contributed by atoms with van der Waals surface area (Å²) in [5, 5.41) is 0. The summed E-state index contributed by atoms with van der Waals surface area (Å²) in [6.45, 7) is 3.86. The van der Waals surface area contributed by atoms with Crippen LogP contribution in [0.15, 0.2) is 12.4 Å². The van der Waals surface area contributed by atoms with Crippen molar-refractivity contribution in [2.75, 3.05) is 0 Å². The Balaban J connectivity index is 3.27. The lowest BCUT2D eigenvalue weighted by Crippen LogP contribution is -1.90. The van der Waals surface area contributed by atoms with E-state index in [4.69, 9.17) is 0 Å². The molecule has 1 aromatic heterocycles. The van der Waals surface area contributed by atoms with E-state index in [0.29, 0.717) is 5.56 Å². The fourth-order valence-electron chi connectivity index (χ4n) is 0.770. The Labute approximate surface area is 59.9 Å². The van der Waals surface area contributed by atoms with E-state index in [9.17, 15) is 4.79 Å². The zero-order valence-corrected chi connectivity index (χ0v) is 6.09. The molecule has 0 radical (unpaired) electrons. The number of hydrogen-bond donors (Lipinski definition) is 0. The highest BCUT2D eigenvalue weighted by molar-refractivity contribution is 5.76. The molecule has 0 unspecified atom stereocenters. The van der Waals surface area contributed by atoms with Gasteiger partial charge >= 0.3 is 0 Å². The molecule has 1 rings (SSSR count). The molecule has 10 heavy (non-hydrogen) atoms. The van der Waals surface area contributed by atoms with Crippen LogP contribution >= 0.6 is 0 Å². The molecule has 0 fully saturated rings. The lowest BCUT2D eigenvalue weighted by atomic mass is 10.1. The average Bonchev–Trinajstić information content (AvgIpc) is 1.95. The van der Waals surface area contributed by atoms with E-state index in [2.05, 4.69) is 4.98 Å². The quantitative estimate of drug-likeness (QED) is 0.546. The molecule has 0 bridgehead atoms. The van der Waals surface area contributed by atoms with Crippen molar-refractivity contribution in [2.24, 2.45) is 0 Å². The van der Waals surface area contributed by atoms with Gasteiger partial charge in [0.2, 0.25) is 0 Å². The maximum Gasteiger partial charge on any atom is 0.151 e. The molecule has 2 nitrogen and oxygen atoms in total. The number of carbonyl (C=O) groups excluding carboxylic acids is 1. The highest BCUT2D eigenvalue weighted by Gasteiger charge is 1.97. The third-order valence-electron chi connectivity index (χ3n) is 1.63. The van der Waals surface area contributed by atoms with Crippen molar-refractivity contribution in [1.29, 1.82) is 0 Å². The van der Waals surface area contributed by atoms with Gasteiger partial charge in [-0.2, -0.15) is 0 Å². The first-order valence-corrected chi connectivity index (χ1v) is 3.12. The number of rotatable bonds is 1. The fourth-order valence-corrected chi connectivity index (χ4v) is 0.770. The first-order valence-electron chi connectivity index (χ1n) is 3.12. The molecule has 0 spiro atoms. The van der Waals surface area contributed by atoms with Crippen molar-refractivity contribution in [3.05, 3.63) is 29.1 Å². The third-order valence-corrected chi connectivity index (χ3v) is 1.63. The molecule has 0 aliphatic carbocycles. The second kappa shape index (κ2) is 2.60. The van der Waals surface area contributed by atoms with Crippen LogP contribution in [-0.2, 0) is 0 Å². The summed E-state index contributed by atoms with van der Waals surface area (Å²) in [6, 6.07) is 0. The Morgan fingerprint density at radius 3 is 2.60 bits per heavy atom. The van der Waals surface area contributed by atoms with Crippen molar-refractivity contribution in [1.82, 2.24) is 4.98 Å². The van der Waals surface area contributed by atoms with E-state index in [1.54, 1.807) is 12.4 Å². The molecule has 0 N–H and O–H groups in total. The molecule has 0 saturated carbocycles. The maximum absolute atomic E-state index is 10.3. The van der Waals surface area contributed by atoms with Crippen LogP contribution in [0, 0.1) is 13.8 Å². The summed E-state index contributed by atoms with van der Waals surface area (Å²) in [7, 11) is 0. The molecule has 2 heteroatoms. The van der Waals surface area contributed by atoms with E-state index < -0.39 is 0 Å². The summed E-state index contributed by atoms with van der Waals surface area (Å²) in [4.78, 5) is 14.2. The number of pyridine rings is 1. The van der Waals surface area contributed by atoms with Crippen LogP contribution in [0.5, 0.6) is 0 Å². The van der Waals surface area contributed by atoms with Crippen LogP contribution in [0.2, 0.25) is 0 Å². The van der Waals surface area contributed by atoms with Gasteiger partial charge in [-0.15, -0.1) is 0 Å². The van der Waals surface area contributed by atoms with Gasteiger partial charge in [0.1, 0.15) is 0 Å². The molecule has 0 atom stereocenters. The van der Waals surface area contributed by atoms with Gasteiger partial charge in [0.15, 0.2) is 6.29 Å². The van der Waals surface area contributed by atoms with Crippen molar-refractivity contribution in [3.8, 4) is 0 Å². The van der Waals surface area contributed by atoms with E-state index >= 15 is 0 Å². The number of aromatic nitrogens is 1. The Kier molecular flexibility index (Phi) is 1.81. The lowest BCUT2D eigenvalue weighted by Gasteiger charge is -1.99. The number of aryl methyl sites for hydroxylation is 1. The lowest BCUT2D eigenvalue weighted by molar-refractivity contribution is 0.112. The van der Waals surface area contributed by atoms with E-state index in [-0.39, 0.29) is 0 Å². The van der Waals surface area contributed by atoms with Crippen molar-refractivity contribution in [3.63, 3.8) is 0 Å². The van der Waals surface area contributed by atoms with Gasteiger partial charge in [-0.3, -0.25) is 9.78 Å². The molecule has 52 valence electrons. The van der Waals surface area contributed by atoms with Gasteiger partial charge < -0.3 is 0 Å². The number of hydrogen-bond acceptors (Lipinski definition) is 2. The van der Waals surface area contributed by atoms with Crippen LogP contribution in [0.4, 0.5) is 0 Å². The highest BCUT2D eigenvalue weighted by atomic mass is 16.1. The SMILES string of the molecule is Cc1cncc(C=O)c1C. The average molecular weight is 135 g/mol. The second-order valence-electron chi connectivity index (χ2n) is 2.29. The number of nitrogens with zero attached hydrogens (tertiary/aromatic N) is 1. The fraction of sp³-hybridized carbons (Fsp3) is 0.250. The minimum Gasteiger partial charge on any atom is -0.298 e. The smallest absolute Gasteiger partial charge is 0.151 e. The molecule has 1 aromatic rings. The van der Waals surface area contributed by atoms with Gasteiger partial charge in [-0.25, -0.2) is 0 Å². The number of aldehydes is 1. The minimum absolute atomic E-state index is 0.681. The van der Waals surface area contributed by atoms with Crippen molar-refractivity contribution >= 4 is 6.29 Å². The predicted molar refractivity (Wildman–Crippen MR) is 39.1 cm³/mol. The molecule has 0 aromatic carbocycles. The van der Waals surface area contributed by atoms with Gasteiger partial charge in [-0.05, 0) is 25.0 Å². The van der Waals surface area contributed by atoms with E-state index in [1.807, 2.05) is 13.8 Å².